The van der Waals surface area contributed by atoms with Gasteiger partial charge >= 0.3 is 0 Å². The van der Waals surface area contributed by atoms with E-state index in [1.165, 1.54) is 7.11 Å². The van der Waals surface area contributed by atoms with Crippen LogP contribution in [0.25, 0.3) is 0 Å². The van der Waals surface area contributed by atoms with Gasteiger partial charge in [-0.25, -0.2) is 0 Å². The second-order valence-electron chi connectivity index (χ2n) is 5.67. The topological polar surface area (TPSA) is 75.7 Å². The van der Waals surface area contributed by atoms with Crippen LogP contribution in [0.3, 0.4) is 0 Å². The van der Waals surface area contributed by atoms with Crippen molar-refractivity contribution < 1.29 is 18.7 Å². The fraction of sp³-hybridized carbons (Fsp3) is 0.200. The SMILES string of the molecule is COc1cc(C#N)ccc1OCC(=O)N(Cc1ccco1)Cc1cccs1. The van der Waals surface area contributed by atoms with E-state index in [1.54, 1.807) is 46.8 Å². The Labute approximate surface area is 161 Å². The standard InChI is InChI=1S/C20H18N2O4S/c1-24-19-10-15(11-21)6-7-18(19)26-14-20(23)22(12-16-4-2-8-25-16)13-17-5-3-9-27-17/h2-10H,12-14H2,1H3. The number of ether oxygens (including phenoxy) is 2. The minimum Gasteiger partial charge on any atom is -0.493 e. The fourth-order valence-corrected chi connectivity index (χ4v) is 3.22. The molecule has 138 valence electrons. The summed E-state index contributed by atoms with van der Waals surface area (Å²) >= 11 is 1.59. The quantitative estimate of drug-likeness (QED) is 0.592. The van der Waals surface area contributed by atoms with Gasteiger partial charge in [-0.15, -0.1) is 11.3 Å². The van der Waals surface area contributed by atoms with Gasteiger partial charge in [0, 0.05) is 10.9 Å². The summed E-state index contributed by atoms with van der Waals surface area (Å²) in [5.74, 6) is 1.36. The average molecular weight is 382 g/mol. The molecular weight excluding hydrogens is 364 g/mol. The Morgan fingerprint density at radius 2 is 2.11 bits per heavy atom. The highest BCUT2D eigenvalue weighted by molar-refractivity contribution is 7.09. The average Bonchev–Trinajstić information content (AvgIpc) is 3.39. The Hall–Kier alpha value is -3.24. The van der Waals surface area contributed by atoms with Gasteiger partial charge in [0.2, 0.25) is 0 Å². The summed E-state index contributed by atoms with van der Waals surface area (Å²) in [6, 6.07) is 14.4. The number of thiophene rings is 1. The highest BCUT2D eigenvalue weighted by atomic mass is 32.1. The van der Waals surface area contributed by atoms with Crippen LogP contribution in [0.15, 0.2) is 58.5 Å². The molecule has 0 fully saturated rings. The number of nitriles is 1. The third-order valence-corrected chi connectivity index (χ3v) is 4.71. The van der Waals surface area contributed by atoms with Crippen LogP contribution in [0.4, 0.5) is 0 Å². The molecule has 0 bridgehead atoms. The van der Waals surface area contributed by atoms with Crippen molar-refractivity contribution >= 4 is 17.2 Å². The number of hydrogen-bond donors (Lipinski definition) is 0. The number of hydrogen-bond acceptors (Lipinski definition) is 6. The molecule has 0 aliphatic carbocycles. The minimum atomic E-state index is -0.175. The summed E-state index contributed by atoms with van der Waals surface area (Å²) in [6.07, 6.45) is 1.58. The zero-order valence-corrected chi connectivity index (χ0v) is 15.6. The second-order valence-corrected chi connectivity index (χ2v) is 6.71. The highest BCUT2D eigenvalue weighted by Gasteiger charge is 2.18. The molecule has 0 atom stereocenters. The molecule has 0 unspecified atom stereocenters. The van der Waals surface area contributed by atoms with E-state index in [9.17, 15) is 4.79 Å². The number of furan rings is 1. The maximum Gasteiger partial charge on any atom is 0.261 e. The van der Waals surface area contributed by atoms with E-state index < -0.39 is 0 Å². The van der Waals surface area contributed by atoms with Crippen molar-refractivity contribution in [3.63, 3.8) is 0 Å². The maximum atomic E-state index is 12.8. The second kappa shape index (κ2) is 8.92. The Morgan fingerprint density at radius 3 is 2.78 bits per heavy atom. The summed E-state index contributed by atoms with van der Waals surface area (Å²) in [5.41, 5.74) is 0.461. The molecule has 0 saturated carbocycles. The molecule has 6 nitrogen and oxygen atoms in total. The number of benzene rings is 1. The van der Waals surface area contributed by atoms with Gasteiger partial charge in [-0.2, -0.15) is 5.26 Å². The van der Waals surface area contributed by atoms with Crippen LogP contribution in [0.5, 0.6) is 11.5 Å². The number of carbonyl (C=O) groups excluding carboxylic acids is 1. The molecule has 3 aromatic rings. The van der Waals surface area contributed by atoms with Gasteiger partial charge in [0.1, 0.15) is 5.76 Å². The van der Waals surface area contributed by atoms with E-state index in [0.717, 1.165) is 4.88 Å². The number of carbonyl (C=O) groups is 1. The number of rotatable bonds is 8. The van der Waals surface area contributed by atoms with Crippen LogP contribution < -0.4 is 9.47 Å². The van der Waals surface area contributed by atoms with Crippen molar-refractivity contribution in [1.82, 2.24) is 4.90 Å². The molecule has 0 aliphatic heterocycles. The van der Waals surface area contributed by atoms with Gasteiger partial charge in [0.15, 0.2) is 18.1 Å². The first-order valence-corrected chi connectivity index (χ1v) is 9.11. The van der Waals surface area contributed by atoms with E-state index in [2.05, 4.69) is 0 Å². The maximum absolute atomic E-state index is 12.8. The Balaban J connectivity index is 1.69. The fourth-order valence-electron chi connectivity index (χ4n) is 2.50. The number of nitrogens with zero attached hydrogens (tertiary/aromatic N) is 2. The van der Waals surface area contributed by atoms with E-state index in [4.69, 9.17) is 19.2 Å². The lowest BCUT2D eigenvalue weighted by molar-refractivity contribution is -0.134. The molecule has 27 heavy (non-hydrogen) atoms. The van der Waals surface area contributed by atoms with Crippen LogP contribution in [0.2, 0.25) is 0 Å². The molecule has 1 aromatic carbocycles. The normalized spacial score (nSPS) is 10.2. The molecule has 0 saturated heterocycles. The molecule has 7 heteroatoms. The van der Waals surface area contributed by atoms with Gasteiger partial charge < -0.3 is 18.8 Å². The van der Waals surface area contributed by atoms with Crippen LogP contribution in [0.1, 0.15) is 16.2 Å². The number of methoxy groups -OCH3 is 1. The Morgan fingerprint density at radius 1 is 1.22 bits per heavy atom. The van der Waals surface area contributed by atoms with E-state index in [1.807, 2.05) is 29.6 Å². The van der Waals surface area contributed by atoms with Crippen LogP contribution in [-0.4, -0.2) is 24.5 Å². The minimum absolute atomic E-state index is 0.144. The smallest absolute Gasteiger partial charge is 0.261 e. The zero-order valence-electron chi connectivity index (χ0n) is 14.8. The van der Waals surface area contributed by atoms with Crippen molar-refractivity contribution in [3.8, 4) is 17.6 Å². The number of amides is 1. The lowest BCUT2D eigenvalue weighted by atomic mass is 10.2. The molecule has 0 aliphatic rings. The molecule has 0 N–H and O–H groups in total. The Kier molecular flexibility index (Phi) is 6.13. The van der Waals surface area contributed by atoms with Crippen molar-refractivity contribution in [2.75, 3.05) is 13.7 Å². The summed E-state index contributed by atoms with van der Waals surface area (Å²) in [7, 11) is 1.49. The van der Waals surface area contributed by atoms with E-state index in [-0.39, 0.29) is 12.5 Å². The third kappa shape index (κ3) is 4.90. The Bertz CT molecular complexity index is 878. The van der Waals surface area contributed by atoms with Gasteiger partial charge in [0.25, 0.3) is 5.91 Å². The van der Waals surface area contributed by atoms with Crippen molar-refractivity contribution in [1.29, 1.82) is 5.26 Å². The van der Waals surface area contributed by atoms with Gasteiger partial charge in [-0.1, -0.05) is 6.07 Å². The largest absolute Gasteiger partial charge is 0.493 e. The van der Waals surface area contributed by atoms with Crippen LogP contribution in [0, 0.1) is 11.3 Å². The first-order chi connectivity index (χ1) is 13.2. The first kappa shape index (κ1) is 18.5. The van der Waals surface area contributed by atoms with E-state index >= 15 is 0 Å². The lowest BCUT2D eigenvalue weighted by Gasteiger charge is -2.21. The first-order valence-electron chi connectivity index (χ1n) is 8.23. The molecule has 2 heterocycles. The molecule has 0 radical (unpaired) electrons. The van der Waals surface area contributed by atoms with Gasteiger partial charge in [-0.05, 0) is 35.7 Å². The third-order valence-electron chi connectivity index (χ3n) is 3.85. The van der Waals surface area contributed by atoms with E-state index in [0.29, 0.717) is 35.9 Å². The summed E-state index contributed by atoms with van der Waals surface area (Å²) < 4.78 is 16.3. The summed E-state index contributed by atoms with van der Waals surface area (Å²) in [6.45, 7) is 0.691. The monoisotopic (exact) mass is 382 g/mol. The molecule has 2 aromatic heterocycles. The van der Waals surface area contributed by atoms with Crippen LogP contribution in [-0.2, 0) is 17.9 Å². The predicted molar refractivity (Wildman–Crippen MR) is 100 cm³/mol. The molecule has 1 amide bonds. The van der Waals surface area contributed by atoms with Crippen molar-refractivity contribution in [2.24, 2.45) is 0 Å². The van der Waals surface area contributed by atoms with Crippen LogP contribution >= 0.6 is 11.3 Å². The molecule has 0 spiro atoms. The predicted octanol–water partition coefficient (Wildman–Crippen LogP) is 3.83. The zero-order chi connectivity index (χ0) is 19.1. The highest BCUT2D eigenvalue weighted by Crippen LogP contribution is 2.28. The lowest BCUT2D eigenvalue weighted by Crippen LogP contribution is -2.33. The molecule has 3 rings (SSSR count). The van der Waals surface area contributed by atoms with Crippen molar-refractivity contribution in [2.45, 2.75) is 13.1 Å². The molecular formula is C20H18N2O4S. The summed E-state index contributed by atoms with van der Waals surface area (Å²) in [4.78, 5) is 15.5. The van der Waals surface area contributed by atoms with Crippen molar-refractivity contribution in [3.05, 3.63) is 70.3 Å². The van der Waals surface area contributed by atoms with Gasteiger partial charge in [0.05, 0.1) is 38.1 Å². The van der Waals surface area contributed by atoms with Gasteiger partial charge in [-0.3, -0.25) is 4.79 Å². The summed E-state index contributed by atoms with van der Waals surface area (Å²) in [5, 5.41) is 10.9.